The summed E-state index contributed by atoms with van der Waals surface area (Å²) in [5.41, 5.74) is 1.66. The molecule has 2 rings (SSSR count). The Morgan fingerprint density at radius 3 is 2.14 bits per heavy atom. The third-order valence-corrected chi connectivity index (χ3v) is 12.5. The van der Waals surface area contributed by atoms with E-state index >= 15 is 0 Å². The molecule has 2 aromatic rings. The molecular weight excluding hydrogens is 606 g/mol. The topological polar surface area (TPSA) is 114 Å². The van der Waals surface area contributed by atoms with Crippen LogP contribution in [-0.4, -0.2) is 64.6 Å². The van der Waals surface area contributed by atoms with E-state index in [4.69, 9.17) is 20.8 Å². The van der Waals surface area contributed by atoms with E-state index in [1.54, 1.807) is 17.0 Å². The second-order valence-corrected chi connectivity index (χ2v) is 20.4. The maximum atomic E-state index is 13.6. The fraction of sp³-hybridized carbons (Fsp3) is 0.548. The Labute approximate surface area is 263 Å². The summed E-state index contributed by atoms with van der Waals surface area (Å²) in [7, 11) is -5.86. The Kier molecular flexibility index (Phi) is 12.3. The van der Waals surface area contributed by atoms with E-state index in [1.165, 1.54) is 0 Å². The van der Waals surface area contributed by atoms with Gasteiger partial charge >= 0.3 is 6.09 Å². The SMILES string of the molecule is C[C@H](CNc1ccc(CC(=O)NS(C)(=O)=O)cc1)N(C[C@H](O[Si](C)(C)C(C)(C)C)c1cccc(Cl)c1)C(=O)OC(C)(C)C. The number of hydrogen-bond acceptors (Lipinski definition) is 7. The van der Waals surface area contributed by atoms with Crippen molar-refractivity contribution in [1.29, 1.82) is 0 Å². The van der Waals surface area contributed by atoms with Crippen LogP contribution < -0.4 is 10.0 Å². The van der Waals surface area contributed by atoms with Crippen LogP contribution in [-0.2, 0) is 30.4 Å². The molecule has 0 saturated heterocycles. The van der Waals surface area contributed by atoms with Gasteiger partial charge < -0.3 is 19.4 Å². The zero-order chi connectivity index (χ0) is 32.8. The van der Waals surface area contributed by atoms with Crippen LogP contribution in [0.15, 0.2) is 48.5 Å². The summed E-state index contributed by atoms with van der Waals surface area (Å²) in [6, 6.07) is 14.4. The van der Waals surface area contributed by atoms with Crippen LogP contribution in [0.2, 0.25) is 23.2 Å². The number of anilines is 1. The number of halogens is 1. The summed E-state index contributed by atoms with van der Waals surface area (Å²) < 4.78 is 37.3. The first kappa shape index (κ1) is 36.6. The maximum Gasteiger partial charge on any atom is 0.410 e. The fourth-order valence-corrected chi connectivity index (χ4v) is 5.89. The Morgan fingerprint density at radius 2 is 1.63 bits per heavy atom. The largest absolute Gasteiger partial charge is 0.444 e. The molecule has 12 heteroatoms. The van der Waals surface area contributed by atoms with Crippen molar-refractivity contribution in [1.82, 2.24) is 9.62 Å². The third-order valence-electron chi connectivity index (χ3n) is 7.21. The van der Waals surface area contributed by atoms with Gasteiger partial charge in [-0.3, -0.25) is 9.52 Å². The molecule has 0 heterocycles. The molecule has 0 bridgehead atoms. The van der Waals surface area contributed by atoms with Crippen molar-refractivity contribution < 1.29 is 27.2 Å². The van der Waals surface area contributed by atoms with Crippen molar-refractivity contribution in [2.75, 3.05) is 24.7 Å². The summed E-state index contributed by atoms with van der Waals surface area (Å²) >= 11 is 6.38. The number of amides is 2. The monoisotopic (exact) mass is 653 g/mol. The van der Waals surface area contributed by atoms with Gasteiger partial charge in [0, 0.05) is 23.3 Å². The molecule has 0 unspecified atom stereocenters. The number of carbonyl (C=O) groups excluding carboxylic acids is 2. The molecule has 43 heavy (non-hydrogen) atoms. The first-order valence-electron chi connectivity index (χ1n) is 14.3. The van der Waals surface area contributed by atoms with Gasteiger partial charge in [0.1, 0.15) is 5.60 Å². The molecular formula is C31H48ClN3O6SSi. The highest BCUT2D eigenvalue weighted by molar-refractivity contribution is 7.89. The van der Waals surface area contributed by atoms with Crippen molar-refractivity contribution in [3.63, 3.8) is 0 Å². The highest BCUT2D eigenvalue weighted by Gasteiger charge is 2.41. The molecule has 2 aromatic carbocycles. The van der Waals surface area contributed by atoms with E-state index in [0.717, 1.165) is 17.5 Å². The van der Waals surface area contributed by atoms with Gasteiger partial charge in [0.25, 0.3) is 0 Å². The molecule has 0 aliphatic carbocycles. The van der Waals surface area contributed by atoms with Crippen molar-refractivity contribution in [2.45, 2.75) is 90.8 Å². The van der Waals surface area contributed by atoms with Gasteiger partial charge in [0.2, 0.25) is 15.9 Å². The van der Waals surface area contributed by atoms with E-state index in [-0.39, 0.29) is 24.0 Å². The number of rotatable bonds is 12. The smallest absolute Gasteiger partial charge is 0.410 e. The van der Waals surface area contributed by atoms with Crippen molar-refractivity contribution in [3.05, 3.63) is 64.7 Å². The highest BCUT2D eigenvalue weighted by atomic mass is 35.5. The molecule has 0 aliphatic heterocycles. The molecule has 0 saturated carbocycles. The summed E-state index contributed by atoms with van der Waals surface area (Å²) in [6.45, 7) is 19.0. The van der Waals surface area contributed by atoms with Gasteiger partial charge in [-0.25, -0.2) is 13.2 Å². The number of benzene rings is 2. The molecule has 0 spiro atoms. The second-order valence-electron chi connectivity index (χ2n) is 13.5. The van der Waals surface area contributed by atoms with E-state index in [9.17, 15) is 18.0 Å². The van der Waals surface area contributed by atoms with E-state index in [2.05, 4.69) is 39.2 Å². The molecule has 240 valence electrons. The van der Waals surface area contributed by atoms with Crippen molar-refractivity contribution in [3.8, 4) is 0 Å². The number of nitrogens with zero attached hydrogens (tertiary/aromatic N) is 1. The molecule has 0 aromatic heterocycles. The number of sulfonamides is 1. The predicted octanol–water partition coefficient (Wildman–Crippen LogP) is 6.76. The zero-order valence-electron chi connectivity index (χ0n) is 27.1. The van der Waals surface area contributed by atoms with Crippen molar-refractivity contribution >= 4 is 47.6 Å². The average molecular weight is 654 g/mol. The number of hydrogen-bond donors (Lipinski definition) is 2. The average Bonchev–Trinajstić information content (AvgIpc) is 2.82. The highest BCUT2D eigenvalue weighted by Crippen LogP contribution is 2.40. The van der Waals surface area contributed by atoms with Crippen LogP contribution in [0.4, 0.5) is 10.5 Å². The number of nitrogens with one attached hydrogen (secondary N) is 2. The van der Waals surface area contributed by atoms with Gasteiger partial charge in [-0.1, -0.05) is 56.6 Å². The normalized spacial score (nSPS) is 14.0. The molecule has 2 atom stereocenters. The summed E-state index contributed by atoms with van der Waals surface area (Å²) in [5, 5.41) is 3.90. The van der Waals surface area contributed by atoms with Gasteiger partial charge in [-0.05, 0) is 81.2 Å². The van der Waals surface area contributed by atoms with E-state index in [0.29, 0.717) is 17.1 Å². The Morgan fingerprint density at radius 1 is 1.02 bits per heavy atom. The molecule has 2 N–H and O–H groups in total. The summed E-state index contributed by atoms with van der Waals surface area (Å²) in [6.07, 6.45) is 0.0119. The molecule has 0 aliphatic rings. The lowest BCUT2D eigenvalue weighted by molar-refractivity contribution is -0.118. The van der Waals surface area contributed by atoms with E-state index in [1.807, 2.05) is 68.8 Å². The molecule has 0 radical (unpaired) electrons. The minimum Gasteiger partial charge on any atom is -0.444 e. The quantitative estimate of drug-likeness (QED) is 0.243. The van der Waals surface area contributed by atoms with Gasteiger partial charge in [-0.15, -0.1) is 0 Å². The van der Waals surface area contributed by atoms with Crippen LogP contribution in [0.25, 0.3) is 0 Å². The Hall–Kier alpha value is -2.60. The van der Waals surface area contributed by atoms with Crippen LogP contribution in [0.1, 0.15) is 65.7 Å². The first-order valence-corrected chi connectivity index (χ1v) is 19.5. The summed E-state index contributed by atoms with van der Waals surface area (Å²) in [4.78, 5) is 27.2. The standard InChI is InChI=1S/C31H48ClN3O6SSi/c1-22(20-33-26-16-14-23(15-17-26)18-28(36)34-42(8,38)39)35(29(37)40-30(2,3)4)21-27(24-12-11-13-25(32)19-24)41-43(9,10)31(5,6)7/h11-17,19,22,27,33H,18,20-21H2,1-10H3,(H,34,36)/t22-,27+/m1/s1. The van der Waals surface area contributed by atoms with Gasteiger partial charge in [0.05, 0.1) is 25.3 Å². The van der Waals surface area contributed by atoms with Crippen LogP contribution >= 0.6 is 11.6 Å². The van der Waals surface area contributed by atoms with Crippen LogP contribution in [0.5, 0.6) is 0 Å². The fourth-order valence-electron chi connectivity index (χ4n) is 3.93. The first-order chi connectivity index (χ1) is 19.6. The van der Waals surface area contributed by atoms with Crippen LogP contribution in [0.3, 0.4) is 0 Å². The van der Waals surface area contributed by atoms with Crippen molar-refractivity contribution in [2.24, 2.45) is 0 Å². The zero-order valence-corrected chi connectivity index (χ0v) is 29.7. The third kappa shape index (κ3) is 12.5. The lowest BCUT2D eigenvalue weighted by Crippen LogP contribution is -2.49. The van der Waals surface area contributed by atoms with E-state index < -0.39 is 42.0 Å². The lowest BCUT2D eigenvalue weighted by Gasteiger charge is -2.41. The second kappa shape index (κ2) is 14.5. The molecule has 0 fully saturated rings. The number of carbonyl (C=O) groups is 2. The minimum absolute atomic E-state index is 0.0502. The maximum absolute atomic E-state index is 13.6. The van der Waals surface area contributed by atoms with Gasteiger partial charge in [-0.2, -0.15) is 0 Å². The van der Waals surface area contributed by atoms with Gasteiger partial charge in [0.15, 0.2) is 8.32 Å². The lowest BCUT2D eigenvalue weighted by atomic mass is 10.1. The predicted molar refractivity (Wildman–Crippen MR) is 176 cm³/mol. The summed E-state index contributed by atoms with van der Waals surface area (Å²) in [5.74, 6) is -0.598. The molecule has 9 nitrogen and oxygen atoms in total. The minimum atomic E-state index is -3.61. The molecule has 2 amide bonds. The van der Waals surface area contributed by atoms with Crippen LogP contribution in [0, 0.1) is 0 Å². The Bertz CT molecular complexity index is 1350. The Balaban J connectivity index is 2.28. The number of ether oxygens (including phenoxy) is 1.